The predicted octanol–water partition coefficient (Wildman–Crippen LogP) is 3.21. The van der Waals surface area contributed by atoms with Crippen LogP contribution in [0.1, 0.15) is 15.9 Å². The van der Waals surface area contributed by atoms with Crippen LogP contribution < -0.4 is 10.6 Å². The number of rotatable bonds is 2. The first kappa shape index (κ1) is 14.2. The second-order valence-corrected chi connectivity index (χ2v) is 5.01. The summed E-state index contributed by atoms with van der Waals surface area (Å²) in [6.45, 7) is 1.77. The molecule has 0 saturated heterocycles. The van der Waals surface area contributed by atoms with Crippen molar-refractivity contribution in [2.24, 2.45) is 0 Å². The SMILES string of the molecule is Cc1ccc(C(=O)N(C)c2cc(Cl)ccc2N)cc1O. The lowest BCUT2D eigenvalue weighted by atomic mass is 10.1. The fourth-order valence-electron chi connectivity index (χ4n) is 1.85. The summed E-state index contributed by atoms with van der Waals surface area (Å²) < 4.78 is 0. The number of aromatic hydroxyl groups is 1. The van der Waals surface area contributed by atoms with Gasteiger partial charge in [-0.3, -0.25) is 4.79 Å². The maximum atomic E-state index is 12.4. The smallest absolute Gasteiger partial charge is 0.258 e. The Balaban J connectivity index is 2.37. The standard InChI is InChI=1S/C15H15ClN2O2/c1-9-3-4-10(7-14(9)19)15(20)18(2)13-8-11(16)5-6-12(13)17/h3-8,19H,17H2,1-2H3. The van der Waals surface area contributed by atoms with E-state index in [2.05, 4.69) is 0 Å². The second kappa shape index (κ2) is 5.43. The van der Waals surface area contributed by atoms with Crippen LogP contribution in [0.15, 0.2) is 36.4 Å². The number of hydrogen-bond donors (Lipinski definition) is 2. The number of phenolic OH excluding ortho intramolecular Hbond substituents is 1. The van der Waals surface area contributed by atoms with E-state index in [0.717, 1.165) is 0 Å². The van der Waals surface area contributed by atoms with Gasteiger partial charge in [0.15, 0.2) is 0 Å². The van der Waals surface area contributed by atoms with Gasteiger partial charge in [0.2, 0.25) is 0 Å². The molecule has 2 rings (SSSR count). The molecule has 0 aliphatic carbocycles. The number of hydrogen-bond acceptors (Lipinski definition) is 3. The summed E-state index contributed by atoms with van der Waals surface area (Å²) >= 11 is 5.92. The minimum absolute atomic E-state index is 0.0864. The zero-order valence-corrected chi connectivity index (χ0v) is 12.0. The lowest BCUT2D eigenvalue weighted by Gasteiger charge is -2.19. The molecule has 20 heavy (non-hydrogen) atoms. The van der Waals surface area contributed by atoms with Gasteiger partial charge in [-0.2, -0.15) is 0 Å². The van der Waals surface area contributed by atoms with E-state index in [4.69, 9.17) is 17.3 Å². The maximum Gasteiger partial charge on any atom is 0.258 e. The van der Waals surface area contributed by atoms with Gasteiger partial charge in [-0.25, -0.2) is 0 Å². The van der Waals surface area contributed by atoms with Gasteiger partial charge in [0, 0.05) is 17.6 Å². The average molecular weight is 291 g/mol. The molecule has 0 unspecified atom stereocenters. The van der Waals surface area contributed by atoms with Gasteiger partial charge in [-0.05, 0) is 42.8 Å². The van der Waals surface area contributed by atoms with Crippen molar-refractivity contribution in [1.29, 1.82) is 0 Å². The Morgan fingerprint density at radius 2 is 1.95 bits per heavy atom. The fraction of sp³-hybridized carbons (Fsp3) is 0.133. The summed E-state index contributed by atoms with van der Waals surface area (Å²) in [5.41, 5.74) is 7.95. The third-order valence-electron chi connectivity index (χ3n) is 3.11. The number of halogens is 1. The van der Waals surface area contributed by atoms with Gasteiger partial charge >= 0.3 is 0 Å². The van der Waals surface area contributed by atoms with Crippen molar-refractivity contribution in [3.8, 4) is 5.75 Å². The molecule has 0 fully saturated rings. The second-order valence-electron chi connectivity index (χ2n) is 4.57. The minimum atomic E-state index is -0.269. The Bertz CT molecular complexity index is 671. The third kappa shape index (κ3) is 2.70. The van der Waals surface area contributed by atoms with Crippen molar-refractivity contribution in [2.45, 2.75) is 6.92 Å². The number of amides is 1. The van der Waals surface area contributed by atoms with Crippen LogP contribution in [0.4, 0.5) is 11.4 Å². The van der Waals surface area contributed by atoms with Gasteiger partial charge in [0.1, 0.15) is 5.75 Å². The van der Waals surface area contributed by atoms with E-state index in [1.807, 2.05) is 0 Å². The Hall–Kier alpha value is -2.20. The third-order valence-corrected chi connectivity index (χ3v) is 3.35. The van der Waals surface area contributed by atoms with E-state index in [1.165, 1.54) is 11.0 Å². The summed E-state index contributed by atoms with van der Waals surface area (Å²) in [6, 6.07) is 9.73. The molecule has 5 heteroatoms. The summed E-state index contributed by atoms with van der Waals surface area (Å²) in [6.07, 6.45) is 0. The van der Waals surface area contributed by atoms with Crippen LogP contribution in [0.25, 0.3) is 0 Å². The number of aryl methyl sites for hydroxylation is 1. The van der Waals surface area contributed by atoms with Gasteiger partial charge in [0.05, 0.1) is 11.4 Å². The molecule has 0 bridgehead atoms. The summed E-state index contributed by atoms with van der Waals surface area (Å²) in [7, 11) is 1.61. The van der Waals surface area contributed by atoms with Gasteiger partial charge < -0.3 is 15.7 Å². The molecule has 0 spiro atoms. The molecular weight excluding hydrogens is 276 g/mol. The van der Waals surface area contributed by atoms with E-state index < -0.39 is 0 Å². The molecule has 0 aliphatic heterocycles. The van der Waals surface area contributed by atoms with Crippen LogP contribution in [0.5, 0.6) is 5.75 Å². The molecule has 2 aromatic carbocycles. The number of nitrogen functional groups attached to an aromatic ring is 1. The number of carbonyl (C=O) groups excluding carboxylic acids is 1. The summed E-state index contributed by atoms with van der Waals surface area (Å²) in [5, 5.41) is 10.2. The largest absolute Gasteiger partial charge is 0.508 e. The number of anilines is 2. The Labute approximate surface area is 122 Å². The number of nitrogens with two attached hydrogens (primary N) is 1. The highest BCUT2D eigenvalue weighted by Crippen LogP contribution is 2.28. The Morgan fingerprint density at radius 1 is 1.25 bits per heavy atom. The van der Waals surface area contributed by atoms with Crippen LogP contribution in [0.2, 0.25) is 5.02 Å². The highest BCUT2D eigenvalue weighted by atomic mass is 35.5. The molecule has 0 atom stereocenters. The molecule has 3 N–H and O–H groups in total. The van der Waals surface area contributed by atoms with Crippen LogP contribution in [0.3, 0.4) is 0 Å². The van der Waals surface area contributed by atoms with E-state index in [1.54, 1.807) is 44.3 Å². The zero-order valence-electron chi connectivity index (χ0n) is 11.2. The van der Waals surface area contributed by atoms with Gasteiger partial charge in [-0.15, -0.1) is 0 Å². The van der Waals surface area contributed by atoms with E-state index in [0.29, 0.717) is 27.5 Å². The number of phenols is 1. The average Bonchev–Trinajstić information content (AvgIpc) is 2.43. The summed E-state index contributed by atoms with van der Waals surface area (Å²) in [5.74, 6) is -0.183. The molecule has 104 valence electrons. The molecule has 1 amide bonds. The predicted molar refractivity (Wildman–Crippen MR) is 81.4 cm³/mol. The van der Waals surface area contributed by atoms with E-state index >= 15 is 0 Å². The lowest BCUT2D eigenvalue weighted by Crippen LogP contribution is -2.27. The molecule has 0 aliphatic rings. The van der Waals surface area contributed by atoms with Crippen LogP contribution in [-0.4, -0.2) is 18.1 Å². The lowest BCUT2D eigenvalue weighted by molar-refractivity contribution is 0.0992. The minimum Gasteiger partial charge on any atom is -0.508 e. The molecule has 4 nitrogen and oxygen atoms in total. The highest BCUT2D eigenvalue weighted by Gasteiger charge is 2.16. The van der Waals surface area contributed by atoms with Crippen molar-refractivity contribution < 1.29 is 9.90 Å². The van der Waals surface area contributed by atoms with Crippen LogP contribution in [-0.2, 0) is 0 Å². The summed E-state index contributed by atoms with van der Waals surface area (Å²) in [4.78, 5) is 13.8. The fourth-order valence-corrected chi connectivity index (χ4v) is 2.02. The Kier molecular flexibility index (Phi) is 3.86. The van der Waals surface area contributed by atoms with E-state index in [9.17, 15) is 9.90 Å². The van der Waals surface area contributed by atoms with Crippen LogP contribution in [0, 0.1) is 6.92 Å². The first-order valence-corrected chi connectivity index (χ1v) is 6.40. The number of benzene rings is 2. The highest BCUT2D eigenvalue weighted by molar-refractivity contribution is 6.31. The molecular formula is C15H15ClN2O2. The number of carbonyl (C=O) groups is 1. The van der Waals surface area contributed by atoms with Crippen molar-refractivity contribution in [2.75, 3.05) is 17.7 Å². The molecule has 0 saturated carbocycles. The van der Waals surface area contributed by atoms with Crippen molar-refractivity contribution in [3.05, 3.63) is 52.5 Å². The van der Waals surface area contributed by atoms with Gasteiger partial charge in [0.25, 0.3) is 5.91 Å². The maximum absolute atomic E-state index is 12.4. The van der Waals surface area contributed by atoms with Crippen molar-refractivity contribution in [1.82, 2.24) is 0 Å². The Morgan fingerprint density at radius 3 is 2.60 bits per heavy atom. The quantitative estimate of drug-likeness (QED) is 0.835. The first-order chi connectivity index (χ1) is 9.40. The monoisotopic (exact) mass is 290 g/mol. The number of nitrogens with zero attached hydrogens (tertiary/aromatic N) is 1. The van der Waals surface area contributed by atoms with Crippen molar-refractivity contribution >= 4 is 28.9 Å². The normalized spacial score (nSPS) is 10.3. The van der Waals surface area contributed by atoms with Crippen LogP contribution >= 0.6 is 11.6 Å². The van der Waals surface area contributed by atoms with Gasteiger partial charge in [-0.1, -0.05) is 17.7 Å². The molecule has 0 radical (unpaired) electrons. The molecule has 0 aromatic heterocycles. The molecule has 0 heterocycles. The first-order valence-electron chi connectivity index (χ1n) is 6.03. The van der Waals surface area contributed by atoms with E-state index in [-0.39, 0.29) is 11.7 Å². The molecule has 2 aromatic rings. The zero-order chi connectivity index (χ0) is 14.9. The van der Waals surface area contributed by atoms with Crippen molar-refractivity contribution in [3.63, 3.8) is 0 Å². The topological polar surface area (TPSA) is 66.6 Å².